The number of nitrogens with zero attached hydrogens (tertiary/aromatic N) is 3. The Morgan fingerprint density at radius 3 is 2.52 bits per heavy atom. The molecule has 222 valence electrons. The smallest absolute Gasteiger partial charge is 0.255 e. The topological polar surface area (TPSA) is 82.6 Å². The molecule has 0 aliphatic carbocycles. The van der Waals surface area contributed by atoms with Crippen LogP contribution in [0.5, 0.6) is 0 Å². The molecule has 0 bridgehead atoms. The third kappa shape index (κ3) is 5.87. The second-order valence-corrected chi connectivity index (χ2v) is 13.3. The molecule has 5 rings (SSSR count). The summed E-state index contributed by atoms with van der Waals surface area (Å²) in [5.41, 5.74) is 7.97. The molecule has 3 atom stereocenters. The van der Waals surface area contributed by atoms with Gasteiger partial charge in [0.25, 0.3) is 5.91 Å². The van der Waals surface area contributed by atoms with Crippen LogP contribution in [-0.2, 0) is 22.6 Å². The largest absolute Gasteiger partial charge is 0.348 e. The van der Waals surface area contributed by atoms with Gasteiger partial charge in [-0.2, -0.15) is 0 Å². The number of aryl methyl sites for hydroxylation is 1. The first kappa shape index (κ1) is 30.0. The van der Waals surface area contributed by atoms with Gasteiger partial charge in [-0.15, -0.1) is 11.3 Å². The molecule has 8 heteroatoms. The number of benzene rings is 2. The molecule has 0 saturated carbocycles. The summed E-state index contributed by atoms with van der Waals surface area (Å²) in [6.45, 7) is 13.3. The Balaban J connectivity index is 1.33. The first-order chi connectivity index (χ1) is 20.1. The molecule has 3 aromatic rings. The van der Waals surface area contributed by atoms with E-state index < -0.39 is 12.1 Å². The van der Waals surface area contributed by atoms with Gasteiger partial charge in [0.1, 0.15) is 12.1 Å². The summed E-state index contributed by atoms with van der Waals surface area (Å²) in [5, 5.41) is 3.24. The van der Waals surface area contributed by atoms with E-state index in [1.807, 2.05) is 57.5 Å². The molecular weight excluding hydrogens is 544 g/mol. The van der Waals surface area contributed by atoms with Crippen molar-refractivity contribution >= 4 is 29.1 Å². The van der Waals surface area contributed by atoms with Gasteiger partial charge in [-0.1, -0.05) is 58.0 Å². The molecule has 2 aromatic carbocycles. The fourth-order valence-electron chi connectivity index (χ4n) is 6.51. The van der Waals surface area contributed by atoms with Crippen LogP contribution in [0.3, 0.4) is 0 Å². The average molecular weight is 587 g/mol. The van der Waals surface area contributed by atoms with Crippen LogP contribution in [0.25, 0.3) is 10.4 Å². The maximum atomic E-state index is 14.0. The summed E-state index contributed by atoms with van der Waals surface area (Å²) in [5.74, 6) is -0.00906. The number of carbonyl (C=O) groups is 3. The molecule has 2 aliphatic heterocycles. The van der Waals surface area contributed by atoms with Gasteiger partial charge in [0.2, 0.25) is 11.8 Å². The summed E-state index contributed by atoms with van der Waals surface area (Å²) in [6.07, 6.45) is 2.28. The molecule has 0 radical (unpaired) electrons. The van der Waals surface area contributed by atoms with Crippen LogP contribution in [0.1, 0.15) is 86.2 Å². The molecule has 1 saturated heterocycles. The van der Waals surface area contributed by atoms with E-state index in [0.29, 0.717) is 31.0 Å². The van der Waals surface area contributed by atoms with E-state index in [2.05, 4.69) is 42.3 Å². The van der Waals surface area contributed by atoms with E-state index in [9.17, 15) is 14.4 Å². The maximum absolute atomic E-state index is 14.0. The average Bonchev–Trinajstić information content (AvgIpc) is 3.68. The van der Waals surface area contributed by atoms with Crippen molar-refractivity contribution in [2.75, 3.05) is 6.54 Å². The summed E-state index contributed by atoms with van der Waals surface area (Å²) in [7, 11) is 0. The fourth-order valence-corrected chi connectivity index (χ4v) is 7.31. The van der Waals surface area contributed by atoms with Crippen molar-refractivity contribution in [1.82, 2.24) is 20.1 Å². The van der Waals surface area contributed by atoms with E-state index >= 15 is 0 Å². The van der Waals surface area contributed by atoms with Gasteiger partial charge in [0.05, 0.1) is 22.1 Å². The SMILES string of the molecule is Cc1ncsc1-c1ccc(C(C)NC(=O)C2CCCN2C(=O)C(C(C)C)N2Cc3ccccc3C2=O)c(CC(C)C)c1. The van der Waals surface area contributed by atoms with Gasteiger partial charge in [-0.05, 0) is 79.3 Å². The Morgan fingerprint density at radius 2 is 1.86 bits per heavy atom. The normalized spacial score (nSPS) is 18.1. The summed E-state index contributed by atoms with van der Waals surface area (Å²) >= 11 is 1.64. The lowest BCUT2D eigenvalue weighted by molar-refractivity contribution is -0.143. The van der Waals surface area contributed by atoms with Crippen molar-refractivity contribution < 1.29 is 14.4 Å². The van der Waals surface area contributed by atoms with Gasteiger partial charge in [-0.3, -0.25) is 14.4 Å². The van der Waals surface area contributed by atoms with Gasteiger partial charge in [-0.25, -0.2) is 4.98 Å². The Bertz CT molecular complexity index is 1480. The van der Waals surface area contributed by atoms with E-state index in [4.69, 9.17) is 0 Å². The van der Waals surface area contributed by atoms with E-state index in [1.165, 1.54) is 10.4 Å². The van der Waals surface area contributed by atoms with Gasteiger partial charge >= 0.3 is 0 Å². The molecule has 42 heavy (non-hydrogen) atoms. The zero-order chi connectivity index (χ0) is 30.1. The Kier molecular flexibility index (Phi) is 8.83. The highest BCUT2D eigenvalue weighted by Gasteiger charge is 2.44. The van der Waals surface area contributed by atoms with Crippen LogP contribution in [0.15, 0.2) is 48.0 Å². The standard InChI is InChI=1S/C34H42N4O3S/c1-20(2)16-26-17-24(31-23(6)35-19-42-31)13-14-27(26)22(5)36-32(39)29-12-9-15-37(29)34(41)30(21(3)4)38-18-25-10-7-8-11-28(25)33(38)40/h7-8,10-11,13-14,17,19-22,29-30H,9,12,15-16,18H2,1-6H3,(H,36,39). The van der Waals surface area contributed by atoms with Gasteiger partial charge in [0, 0.05) is 18.7 Å². The third-order valence-corrected chi connectivity index (χ3v) is 9.49. The second-order valence-electron chi connectivity index (χ2n) is 12.5. The van der Waals surface area contributed by atoms with E-state index in [1.54, 1.807) is 21.1 Å². The Labute approximate surface area is 253 Å². The monoisotopic (exact) mass is 586 g/mol. The van der Waals surface area contributed by atoms with Crippen LogP contribution >= 0.6 is 11.3 Å². The van der Waals surface area contributed by atoms with Gasteiger partial charge in [0.15, 0.2) is 0 Å². The fraction of sp³-hybridized carbons (Fsp3) is 0.471. The maximum Gasteiger partial charge on any atom is 0.255 e. The number of thiazole rings is 1. The van der Waals surface area contributed by atoms with Crippen molar-refractivity contribution in [3.05, 3.63) is 75.9 Å². The van der Waals surface area contributed by atoms with Crippen LogP contribution in [0.4, 0.5) is 0 Å². The Hall–Kier alpha value is -3.52. The molecular formula is C34H42N4O3S. The molecule has 3 amide bonds. The third-order valence-electron chi connectivity index (χ3n) is 8.51. The van der Waals surface area contributed by atoms with Crippen LogP contribution in [0.2, 0.25) is 0 Å². The zero-order valence-electron chi connectivity index (χ0n) is 25.5. The molecule has 1 N–H and O–H groups in total. The highest BCUT2D eigenvalue weighted by Crippen LogP contribution is 2.33. The number of hydrogen-bond donors (Lipinski definition) is 1. The minimum Gasteiger partial charge on any atom is -0.348 e. The first-order valence-electron chi connectivity index (χ1n) is 15.1. The summed E-state index contributed by atoms with van der Waals surface area (Å²) in [4.78, 5) is 50.1. The molecule has 7 nitrogen and oxygen atoms in total. The van der Waals surface area contributed by atoms with Crippen LogP contribution in [-0.4, -0.2) is 51.1 Å². The van der Waals surface area contributed by atoms with Crippen molar-refractivity contribution in [3.8, 4) is 10.4 Å². The quantitative estimate of drug-likeness (QED) is 0.325. The number of amides is 3. The van der Waals surface area contributed by atoms with Gasteiger partial charge < -0.3 is 15.1 Å². The molecule has 2 aliphatic rings. The minimum atomic E-state index is -0.615. The molecule has 1 fully saturated rings. The Morgan fingerprint density at radius 1 is 1.10 bits per heavy atom. The number of fused-ring (bicyclic) bond motifs is 1. The molecule has 0 spiro atoms. The molecule has 3 heterocycles. The van der Waals surface area contributed by atoms with Crippen molar-refractivity contribution in [2.24, 2.45) is 11.8 Å². The summed E-state index contributed by atoms with van der Waals surface area (Å²) in [6, 6.07) is 12.7. The number of aromatic nitrogens is 1. The van der Waals surface area contributed by atoms with Crippen LogP contribution < -0.4 is 5.32 Å². The number of nitrogens with one attached hydrogen (secondary N) is 1. The lowest BCUT2D eigenvalue weighted by Crippen LogP contribution is -2.55. The van der Waals surface area contributed by atoms with Crippen LogP contribution in [0, 0.1) is 18.8 Å². The summed E-state index contributed by atoms with van der Waals surface area (Å²) < 4.78 is 0. The number of hydrogen-bond acceptors (Lipinski definition) is 5. The highest BCUT2D eigenvalue weighted by molar-refractivity contribution is 7.13. The van der Waals surface area contributed by atoms with Crippen molar-refractivity contribution in [1.29, 1.82) is 0 Å². The molecule has 1 aromatic heterocycles. The predicted octanol–water partition coefficient (Wildman–Crippen LogP) is 6.17. The number of rotatable bonds is 9. The lowest BCUT2D eigenvalue weighted by Gasteiger charge is -2.35. The predicted molar refractivity (Wildman–Crippen MR) is 167 cm³/mol. The lowest BCUT2D eigenvalue weighted by atomic mass is 9.92. The first-order valence-corrected chi connectivity index (χ1v) is 16.0. The van der Waals surface area contributed by atoms with E-state index in [0.717, 1.165) is 35.2 Å². The minimum absolute atomic E-state index is 0.0849. The number of likely N-dealkylation sites (tertiary alicyclic amines) is 1. The number of carbonyl (C=O) groups excluding carboxylic acids is 3. The highest BCUT2D eigenvalue weighted by atomic mass is 32.1. The zero-order valence-corrected chi connectivity index (χ0v) is 26.3. The van der Waals surface area contributed by atoms with Crippen molar-refractivity contribution in [3.63, 3.8) is 0 Å². The second kappa shape index (κ2) is 12.4. The molecule has 3 unspecified atom stereocenters. The van der Waals surface area contributed by atoms with E-state index in [-0.39, 0.29) is 29.7 Å². The van der Waals surface area contributed by atoms with Crippen molar-refractivity contribution in [2.45, 2.75) is 85.5 Å².